The Kier molecular flexibility index (Phi) is 9.34. The molecule has 0 heterocycles. The van der Waals surface area contributed by atoms with Gasteiger partial charge in [0.05, 0.1) is 0 Å². The molecule has 0 amide bonds. The van der Waals surface area contributed by atoms with Crippen molar-refractivity contribution in [1.82, 2.24) is 0 Å². The first-order valence-electron chi connectivity index (χ1n) is 3.58. The van der Waals surface area contributed by atoms with E-state index in [0.717, 1.165) is 11.1 Å². The van der Waals surface area contributed by atoms with E-state index in [1.807, 2.05) is 26.0 Å². The molecule has 15 heavy (non-hydrogen) atoms. The van der Waals surface area contributed by atoms with Crippen LogP contribution in [-0.4, -0.2) is 5.11 Å². The van der Waals surface area contributed by atoms with Crippen LogP contribution in [0.5, 0.6) is 5.75 Å². The molecule has 7 heteroatoms. The van der Waals surface area contributed by atoms with Gasteiger partial charge in [0.15, 0.2) is 0 Å². The quantitative estimate of drug-likeness (QED) is 0.374. The number of hydrogen-bond donors (Lipinski definition) is 1. The maximum absolute atomic E-state index is 9.10. The van der Waals surface area contributed by atoms with Crippen molar-refractivity contribution in [3.63, 3.8) is 0 Å². The maximum atomic E-state index is 9.10. The summed E-state index contributed by atoms with van der Waals surface area (Å²) in [6, 6.07) is 5.65. The van der Waals surface area contributed by atoms with Crippen molar-refractivity contribution in [1.29, 1.82) is 0 Å². The predicted octanol–water partition coefficient (Wildman–Crippen LogP) is -8.74. The molecule has 0 fully saturated rings. The normalized spacial score (nSPS) is 9.73. The van der Waals surface area contributed by atoms with Crippen molar-refractivity contribution in [3.05, 3.63) is 29.3 Å². The van der Waals surface area contributed by atoms with Gasteiger partial charge in [-0.15, -0.1) is 0 Å². The van der Waals surface area contributed by atoms with Crippen LogP contribution in [-0.2, 0) is 0 Å². The Morgan fingerprint density at radius 3 is 1.73 bits per heavy atom. The van der Waals surface area contributed by atoms with Crippen LogP contribution in [0.25, 0.3) is 0 Å². The number of phenols is 1. The number of aromatic hydroxyl groups is 1. The summed E-state index contributed by atoms with van der Waals surface area (Å²) in [6.45, 7) is 3.84. The van der Waals surface area contributed by atoms with Crippen molar-refractivity contribution in [2.75, 3.05) is 0 Å². The standard InChI is InChI=1S/C8H10O.IO4.Na/c1-6-3-4-7(2)8(9)5-6;2-1(3,4)5;/h3-5,9H,1-2H3;;/q;-1;+1. The molecule has 0 unspecified atom stereocenters. The van der Waals surface area contributed by atoms with E-state index >= 15 is 0 Å². The number of aryl methyl sites for hydroxylation is 2. The Morgan fingerprint density at radius 2 is 1.47 bits per heavy atom. The Balaban J connectivity index is 0. The van der Waals surface area contributed by atoms with Crippen LogP contribution in [0, 0.1) is 13.8 Å². The van der Waals surface area contributed by atoms with Crippen molar-refractivity contribution >= 4 is 0 Å². The van der Waals surface area contributed by atoms with Gasteiger partial charge in [-0.2, -0.15) is 0 Å². The smallest absolute Gasteiger partial charge is 0.508 e. The SMILES string of the molecule is Cc1ccc(C)c(O)c1.[Na+].[O-][I+3]([O-])([O-])[O-]. The van der Waals surface area contributed by atoms with E-state index in [4.69, 9.17) is 18.9 Å². The molecule has 0 aliphatic rings. The fourth-order valence-electron chi connectivity index (χ4n) is 0.719. The van der Waals surface area contributed by atoms with Gasteiger partial charge in [0.1, 0.15) is 25.8 Å². The second kappa shape index (κ2) is 7.80. The second-order valence-electron chi connectivity index (χ2n) is 2.67. The fraction of sp³-hybridized carbons (Fsp3) is 0.250. The van der Waals surface area contributed by atoms with E-state index in [0.29, 0.717) is 5.75 Å². The first-order valence-corrected chi connectivity index (χ1v) is 7.10. The maximum Gasteiger partial charge on any atom is 1.00 e. The molecule has 1 rings (SSSR count). The van der Waals surface area contributed by atoms with E-state index in [9.17, 15) is 0 Å². The third-order valence-electron chi connectivity index (χ3n) is 1.36. The molecule has 0 saturated carbocycles. The van der Waals surface area contributed by atoms with Crippen LogP contribution in [0.2, 0.25) is 0 Å². The van der Waals surface area contributed by atoms with E-state index in [1.54, 1.807) is 6.07 Å². The molecule has 5 nitrogen and oxygen atoms in total. The number of halogens is 1. The van der Waals surface area contributed by atoms with Gasteiger partial charge >= 0.3 is 29.6 Å². The molecule has 1 aromatic rings. The Hall–Kier alpha value is 0.590. The number of phenolic OH excluding ortho intramolecular Hbond substituents is 1. The number of hydrogen-bond acceptors (Lipinski definition) is 5. The second-order valence-corrected chi connectivity index (χ2v) is 4.83. The fourth-order valence-corrected chi connectivity index (χ4v) is 0.719. The summed E-state index contributed by atoms with van der Waals surface area (Å²) in [5, 5.41) is 9.10. The van der Waals surface area contributed by atoms with Gasteiger partial charge in [0, 0.05) is 0 Å². The minimum absolute atomic E-state index is 0. The Labute approximate surface area is 116 Å². The van der Waals surface area contributed by atoms with Gasteiger partial charge in [-0.05, 0) is 31.0 Å². The monoisotopic (exact) mass is 336 g/mol. The van der Waals surface area contributed by atoms with Gasteiger partial charge in [-0.25, -0.2) is 0 Å². The summed E-state index contributed by atoms with van der Waals surface area (Å²) in [4.78, 5) is 0. The first-order chi connectivity index (χ1) is 6.20. The third-order valence-corrected chi connectivity index (χ3v) is 1.36. The summed E-state index contributed by atoms with van der Waals surface area (Å²) in [6.07, 6.45) is 0. The molecule has 0 aliphatic heterocycles. The van der Waals surface area contributed by atoms with Crippen LogP contribution in [0.15, 0.2) is 18.2 Å². The number of benzene rings is 1. The summed E-state index contributed by atoms with van der Waals surface area (Å²) >= 11 is -5.94. The largest absolute Gasteiger partial charge is 1.00 e. The van der Waals surface area contributed by atoms with E-state index in [2.05, 4.69) is 0 Å². The van der Waals surface area contributed by atoms with Crippen LogP contribution < -0.4 is 63.4 Å². The molecule has 0 atom stereocenters. The van der Waals surface area contributed by atoms with E-state index in [-0.39, 0.29) is 29.6 Å². The Bertz CT molecular complexity index is 294. The van der Waals surface area contributed by atoms with Gasteiger partial charge in [-0.3, -0.25) is 13.7 Å². The average Bonchev–Trinajstić information content (AvgIpc) is 1.94. The minimum Gasteiger partial charge on any atom is -0.508 e. The van der Waals surface area contributed by atoms with Gasteiger partial charge in [0.25, 0.3) is 0 Å². The molecule has 0 radical (unpaired) electrons. The molecule has 1 N–H and O–H groups in total. The van der Waals surface area contributed by atoms with E-state index < -0.39 is 20.1 Å². The van der Waals surface area contributed by atoms with Gasteiger partial charge in [-0.1, -0.05) is 12.1 Å². The Morgan fingerprint density at radius 1 is 1.07 bits per heavy atom. The van der Waals surface area contributed by atoms with Crippen LogP contribution in [0.4, 0.5) is 0 Å². The zero-order valence-electron chi connectivity index (χ0n) is 8.69. The molecule has 0 bridgehead atoms. The zero-order chi connectivity index (χ0) is 11.4. The van der Waals surface area contributed by atoms with Crippen molar-refractivity contribution in [2.24, 2.45) is 0 Å². The summed E-state index contributed by atoms with van der Waals surface area (Å²) < 4.78 is 34.5. The molecule has 0 aliphatic carbocycles. The molecule has 0 saturated heterocycles. The number of rotatable bonds is 0. The van der Waals surface area contributed by atoms with Crippen molar-refractivity contribution in [2.45, 2.75) is 13.8 Å². The molecular formula is C8H10INaO5. The zero-order valence-corrected chi connectivity index (χ0v) is 12.8. The molecule has 80 valence electrons. The van der Waals surface area contributed by atoms with Crippen LogP contribution >= 0.6 is 0 Å². The summed E-state index contributed by atoms with van der Waals surface area (Å²) in [5.74, 6) is 0.384. The van der Waals surface area contributed by atoms with Crippen molar-refractivity contribution < 1.29 is 68.5 Å². The summed E-state index contributed by atoms with van der Waals surface area (Å²) in [5.41, 5.74) is 2.03. The molecule has 0 aromatic heterocycles. The summed E-state index contributed by atoms with van der Waals surface area (Å²) in [7, 11) is 0. The topological polar surface area (TPSA) is 112 Å². The third kappa shape index (κ3) is 12.5. The minimum atomic E-state index is -5.94. The van der Waals surface area contributed by atoms with E-state index in [1.165, 1.54) is 0 Å². The first kappa shape index (κ1) is 18.0. The molecule has 0 spiro atoms. The van der Waals surface area contributed by atoms with Crippen LogP contribution in [0.1, 0.15) is 11.1 Å². The molecule has 1 aromatic carbocycles. The van der Waals surface area contributed by atoms with Crippen LogP contribution in [0.3, 0.4) is 0 Å². The molecular weight excluding hydrogens is 326 g/mol. The van der Waals surface area contributed by atoms with Gasteiger partial charge < -0.3 is 5.11 Å². The predicted molar refractivity (Wildman–Crippen MR) is 37.6 cm³/mol. The van der Waals surface area contributed by atoms with Crippen molar-refractivity contribution in [3.8, 4) is 5.75 Å². The van der Waals surface area contributed by atoms with Gasteiger partial charge in [0.2, 0.25) is 0 Å². The average molecular weight is 336 g/mol.